The van der Waals surface area contributed by atoms with Crippen molar-refractivity contribution in [2.75, 3.05) is 18.5 Å². The highest BCUT2D eigenvalue weighted by atomic mass is 16.5. The van der Waals surface area contributed by atoms with Gasteiger partial charge in [0.25, 0.3) is 0 Å². The number of aromatic carboxylic acids is 1. The molecule has 1 aliphatic heterocycles. The second kappa shape index (κ2) is 6.22. The fraction of sp³-hybridized carbons (Fsp3) is 0.600. The van der Waals surface area contributed by atoms with Gasteiger partial charge >= 0.3 is 5.97 Å². The van der Waals surface area contributed by atoms with Crippen LogP contribution < -0.4 is 5.32 Å². The number of nitrogens with one attached hydrogen (secondary N) is 1. The monoisotopic (exact) mass is 278 g/mol. The maximum atomic E-state index is 11.2. The smallest absolute Gasteiger partial charge is 0.335 e. The Balaban J connectivity index is 2.11. The summed E-state index contributed by atoms with van der Waals surface area (Å²) in [5, 5.41) is 12.4. The van der Waals surface area contributed by atoms with Crippen LogP contribution in [0.3, 0.4) is 0 Å². The second-order valence-corrected chi connectivity index (χ2v) is 5.54. The maximum absolute atomic E-state index is 11.2. The summed E-state index contributed by atoms with van der Waals surface area (Å²) in [6, 6.07) is 3.23. The molecule has 0 amide bonds. The lowest BCUT2D eigenvalue weighted by Crippen LogP contribution is -2.32. The van der Waals surface area contributed by atoms with E-state index in [9.17, 15) is 4.79 Å². The minimum Gasteiger partial charge on any atom is -0.478 e. The molecular formula is C15H22N2O3. The Morgan fingerprint density at radius 3 is 2.95 bits per heavy atom. The molecule has 5 heteroatoms. The van der Waals surface area contributed by atoms with Crippen molar-refractivity contribution in [1.82, 2.24) is 4.98 Å². The topological polar surface area (TPSA) is 71.5 Å². The van der Waals surface area contributed by atoms with Crippen molar-refractivity contribution < 1.29 is 14.6 Å². The fourth-order valence-corrected chi connectivity index (χ4v) is 2.44. The van der Waals surface area contributed by atoms with Gasteiger partial charge in [-0.05, 0) is 38.3 Å². The van der Waals surface area contributed by atoms with E-state index < -0.39 is 5.97 Å². The zero-order valence-electron chi connectivity index (χ0n) is 12.1. The number of carbonyl (C=O) groups is 1. The Hall–Kier alpha value is -1.62. The van der Waals surface area contributed by atoms with E-state index in [-0.39, 0.29) is 11.2 Å². The third kappa shape index (κ3) is 3.70. The lowest BCUT2D eigenvalue weighted by atomic mass is 10.0. The van der Waals surface area contributed by atoms with Crippen LogP contribution in [-0.4, -0.2) is 34.8 Å². The first-order chi connectivity index (χ1) is 9.52. The fourth-order valence-electron chi connectivity index (χ4n) is 2.44. The van der Waals surface area contributed by atoms with Crippen molar-refractivity contribution >= 4 is 11.8 Å². The van der Waals surface area contributed by atoms with E-state index in [2.05, 4.69) is 24.1 Å². The standard InChI is InChI=1S/C15H22N2O3/c1-3-5-12-8-11(14(18)19)9-13(17-12)16-10-15(2)6-4-7-20-15/h8-9H,3-7,10H2,1-2H3,(H,16,17)(H,18,19). The first-order valence-electron chi connectivity index (χ1n) is 7.14. The van der Waals surface area contributed by atoms with Crippen LogP contribution in [-0.2, 0) is 11.2 Å². The summed E-state index contributed by atoms with van der Waals surface area (Å²) in [6.07, 6.45) is 3.81. The molecule has 0 aromatic carbocycles. The first kappa shape index (κ1) is 14.8. The van der Waals surface area contributed by atoms with Crippen LogP contribution in [0.1, 0.15) is 49.2 Å². The number of anilines is 1. The average molecular weight is 278 g/mol. The Morgan fingerprint density at radius 1 is 1.55 bits per heavy atom. The summed E-state index contributed by atoms with van der Waals surface area (Å²) >= 11 is 0. The zero-order chi connectivity index (χ0) is 14.6. The van der Waals surface area contributed by atoms with Gasteiger partial charge in [-0.3, -0.25) is 0 Å². The summed E-state index contributed by atoms with van der Waals surface area (Å²) < 4.78 is 5.71. The summed E-state index contributed by atoms with van der Waals surface area (Å²) in [5.74, 6) is -0.304. The highest BCUT2D eigenvalue weighted by Gasteiger charge is 2.29. The molecule has 1 unspecified atom stereocenters. The van der Waals surface area contributed by atoms with Crippen LogP contribution in [0.2, 0.25) is 0 Å². The van der Waals surface area contributed by atoms with Crippen molar-refractivity contribution in [3.05, 3.63) is 23.4 Å². The molecule has 1 atom stereocenters. The third-order valence-electron chi connectivity index (χ3n) is 3.58. The molecule has 0 saturated carbocycles. The van der Waals surface area contributed by atoms with E-state index in [0.29, 0.717) is 12.4 Å². The number of aryl methyl sites for hydroxylation is 1. The molecule has 1 aromatic heterocycles. The van der Waals surface area contributed by atoms with E-state index in [1.807, 2.05) is 0 Å². The highest BCUT2D eigenvalue weighted by Crippen LogP contribution is 2.25. The van der Waals surface area contributed by atoms with Crippen molar-refractivity contribution in [3.63, 3.8) is 0 Å². The summed E-state index contributed by atoms with van der Waals surface area (Å²) in [6.45, 7) is 5.56. The molecule has 5 nitrogen and oxygen atoms in total. The molecule has 0 radical (unpaired) electrons. The largest absolute Gasteiger partial charge is 0.478 e. The molecule has 0 bridgehead atoms. The molecule has 1 fully saturated rings. The predicted octanol–water partition coefficient (Wildman–Crippen LogP) is 2.71. The zero-order valence-corrected chi connectivity index (χ0v) is 12.1. The minimum atomic E-state index is -0.920. The molecule has 0 spiro atoms. The molecule has 2 N–H and O–H groups in total. The number of aromatic nitrogens is 1. The van der Waals surface area contributed by atoms with Gasteiger partial charge in [-0.15, -0.1) is 0 Å². The quantitative estimate of drug-likeness (QED) is 0.837. The number of nitrogens with zero attached hydrogens (tertiary/aromatic N) is 1. The molecule has 110 valence electrons. The summed E-state index contributed by atoms with van der Waals surface area (Å²) in [4.78, 5) is 15.6. The normalized spacial score (nSPS) is 21.9. The Kier molecular flexibility index (Phi) is 4.60. The van der Waals surface area contributed by atoms with Crippen LogP contribution in [0.15, 0.2) is 12.1 Å². The lowest BCUT2D eigenvalue weighted by Gasteiger charge is -2.23. The van der Waals surface area contributed by atoms with E-state index in [4.69, 9.17) is 9.84 Å². The van der Waals surface area contributed by atoms with Crippen molar-refractivity contribution in [3.8, 4) is 0 Å². The first-order valence-corrected chi connectivity index (χ1v) is 7.14. The van der Waals surface area contributed by atoms with Gasteiger partial charge < -0.3 is 15.2 Å². The number of hydrogen-bond donors (Lipinski definition) is 2. The Morgan fingerprint density at radius 2 is 2.35 bits per heavy atom. The van der Waals surface area contributed by atoms with Crippen LogP contribution in [0.25, 0.3) is 0 Å². The number of carboxylic acids is 1. The SMILES string of the molecule is CCCc1cc(C(=O)O)cc(NCC2(C)CCCO2)n1. The molecule has 2 rings (SSSR count). The van der Waals surface area contributed by atoms with E-state index in [1.54, 1.807) is 12.1 Å². The molecule has 1 aliphatic rings. The maximum Gasteiger partial charge on any atom is 0.335 e. The number of carboxylic acid groups (broad SMARTS) is 1. The van der Waals surface area contributed by atoms with Crippen LogP contribution >= 0.6 is 0 Å². The molecule has 1 saturated heterocycles. The summed E-state index contributed by atoms with van der Waals surface area (Å²) in [7, 11) is 0. The van der Waals surface area contributed by atoms with E-state index in [1.165, 1.54) is 0 Å². The van der Waals surface area contributed by atoms with Crippen LogP contribution in [0, 0.1) is 0 Å². The molecule has 0 aliphatic carbocycles. The second-order valence-electron chi connectivity index (χ2n) is 5.54. The van der Waals surface area contributed by atoms with Crippen LogP contribution in [0.5, 0.6) is 0 Å². The number of pyridine rings is 1. The Bertz CT molecular complexity index is 482. The highest BCUT2D eigenvalue weighted by molar-refractivity contribution is 5.88. The van der Waals surface area contributed by atoms with Gasteiger partial charge in [0, 0.05) is 18.8 Å². The Labute approximate surface area is 119 Å². The number of rotatable bonds is 6. The van der Waals surface area contributed by atoms with E-state index >= 15 is 0 Å². The van der Waals surface area contributed by atoms with Gasteiger partial charge in [0.15, 0.2) is 0 Å². The summed E-state index contributed by atoms with van der Waals surface area (Å²) in [5.41, 5.74) is 0.919. The van der Waals surface area contributed by atoms with Crippen LogP contribution in [0.4, 0.5) is 5.82 Å². The van der Waals surface area contributed by atoms with Gasteiger partial charge in [-0.1, -0.05) is 13.3 Å². The van der Waals surface area contributed by atoms with Crippen molar-refractivity contribution in [2.24, 2.45) is 0 Å². The average Bonchev–Trinajstić information content (AvgIpc) is 2.84. The third-order valence-corrected chi connectivity index (χ3v) is 3.58. The number of hydrogen-bond acceptors (Lipinski definition) is 4. The molecule has 2 heterocycles. The van der Waals surface area contributed by atoms with E-state index in [0.717, 1.165) is 38.0 Å². The molecule has 20 heavy (non-hydrogen) atoms. The van der Waals surface area contributed by atoms with Gasteiger partial charge in [0.2, 0.25) is 0 Å². The number of ether oxygens (including phenoxy) is 1. The van der Waals surface area contributed by atoms with Gasteiger partial charge in [0.1, 0.15) is 5.82 Å². The lowest BCUT2D eigenvalue weighted by molar-refractivity contribution is 0.0314. The minimum absolute atomic E-state index is 0.175. The van der Waals surface area contributed by atoms with Gasteiger partial charge in [-0.25, -0.2) is 9.78 Å². The van der Waals surface area contributed by atoms with Gasteiger partial charge in [0.05, 0.1) is 11.2 Å². The van der Waals surface area contributed by atoms with Crippen molar-refractivity contribution in [2.45, 2.75) is 45.1 Å². The van der Waals surface area contributed by atoms with Crippen molar-refractivity contribution in [1.29, 1.82) is 0 Å². The molecular weight excluding hydrogens is 256 g/mol. The molecule has 1 aromatic rings. The predicted molar refractivity (Wildman–Crippen MR) is 77.3 cm³/mol. The van der Waals surface area contributed by atoms with Gasteiger partial charge in [-0.2, -0.15) is 0 Å².